The largest absolute Gasteiger partial charge is 0.399 e. The van der Waals surface area contributed by atoms with Gasteiger partial charge in [0.15, 0.2) is 0 Å². The van der Waals surface area contributed by atoms with Crippen LogP contribution in [0.1, 0.15) is 15.4 Å². The Morgan fingerprint density at radius 1 is 1.38 bits per heavy atom. The minimum absolute atomic E-state index is 0.810. The summed E-state index contributed by atoms with van der Waals surface area (Å²) < 4.78 is 0. The number of rotatable bonds is 4. The number of nitrogen functional groups attached to an aromatic ring is 1. The van der Waals surface area contributed by atoms with Crippen LogP contribution >= 0.6 is 11.3 Å². The van der Waals surface area contributed by atoms with Crippen molar-refractivity contribution in [2.75, 3.05) is 5.73 Å². The molecule has 3 nitrogen and oxygen atoms in total. The normalized spacial score (nSPS) is 10.6. The molecule has 0 atom stereocenters. The minimum atomic E-state index is 0.810. The van der Waals surface area contributed by atoms with E-state index in [1.165, 1.54) is 10.4 Å². The van der Waals surface area contributed by atoms with Crippen LogP contribution in [-0.2, 0) is 13.1 Å². The van der Waals surface area contributed by atoms with Gasteiger partial charge in [0.25, 0.3) is 0 Å². The second-order valence-corrected chi connectivity index (χ2v) is 5.03. The zero-order chi connectivity index (χ0) is 11.4. The summed E-state index contributed by atoms with van der Waals surface area (Å²) in [5.41, 5.74) is 7.72. The van der Waals surface area contributed by atoms with E-state index in [9.17, 15) is 0 Å². The zero-order valence-electron chi connectivity index (χ0n) is 9.23. The molecule has 0 aliphatic carbocycles. The summed E-state index contributed by atoms with van der Waals surface area (Å²) in [5, 5.41) is 4.48. The van der Waals surface area contributed by atoms with Gasteiger partial charge in [-0.2, -0.15) is 0 Å². The maximum atomic E-state index is 5.71. The quantitative estimate of drug-likeness (QED) is 0.797. The molecule has 0 saturated carbocycles. The van der Waals surface area contributed by atoms with Crippen molar-refractivity contribution in [1.29, 1.82) is 0 Å². The number of aromatic nitrogens is 1. The van der Waals surface area contributed by atoms with Crippen molar-refractivity contribution in [1.82, 2.24) is 10.3 Å². The Morgan fingerprint density at radius 2 is 2.25 bits per heavy atom. The Morgan fingerprint density at radius 3 is 2.94 bits per heavy atom. The number of benzene rings is 1. The molecular weight excluding hydrogens is 218 g/mol. The first-order valence-corrected chi connectivity index (χ1v) is 6.02. The van der Waals surface area contributed by atoms with Gasteiger partial charge in [0.2, 0.25) is 0 Å². The lowest BCUT2D eigenvalue weighted by molar-refractivity contribution is 0.690. The minimum Gasteiger partial charge on any atom is -0.399 e. The van der Waals surface area contributed by atoms with Crippen LogP contribution in [0.4, 0.5) is 5.69 Å². The number of nitrogens with zero attached hydrogens (tertiary/aromatic N) is 1. The SMILES string of the molecule is Cc1cnc(CNCc2cccc(N)c2)s1. The Kier molecular flexibility index (Phi) is 3.54. The fourth-order valence-electron chi connectivity index (χ4n) is 1.50. The van der Waals surface area contributed by atoms with Crippen LogP contribution in [0.25, 0.3) is 0 Å². The van der Waals surface area contributed by atoms with Gasteiger partial charge in [0, 0.05) is 29.9 Å². The summed E-state index contributed by atoms with van der Waals surface area (Å²) in [6, 6.07) is 7.92. The molecule has 0 unspecified atom stereocenters. The standard InChI is InChI=1S/C12H15N3S/c1-9-6-15-12(16-9)8-14-7-10-3-2-4-11(13)5-10/h2-6,14H,7-8,13H2,1H3. The average molecular weight is 233 g/mol. The molecule has 2 rings (SSSR count). The molecule has 0 radical (unpaired) electrons. The van der Waals surface area contributed by atoms with Gasteiger partial charge >= 0.3 is 0 Å². The number of nitrogens with two attached hydrogens (primary N) is 1. The molecule has 1 aromatic heterocycles. The van der Waals surface area contributed by atoms with Crippen LogP contribution in [-0.4, -0.2) is 4.98 Å². The van der Waals surface area contributed by atoms with Gasteiger partial charge < -0.3 is 11.1 Å². The van der Waals surface area contributed by atoms with Crippen LogP contribution in [0.15, 0.2) is 30.5 Å². The predicted molar refractivity (Wildman–Crippen MR) is 68.2 cm³/mol. The maximum absolute atomic E-state index is 5.71. The topological polar surface area (TPSA) is 50.9 Å². The van der Waals surface area contributed by atoms with Crippen molar-refractivity contribution in [2.24, 2.45) is 0 Å². The molecule has 0 aliphatic heterocycles. The molecule has 0 spiro atoms. The number of aryl methyl sites for hydroxylation is 1. The van der Waals surface area contributed by atoms with E-state index in [1.807, 2.05) is 24.4 Å². The average Bonchev–Trinajstić information content (AvgIpc) is 2.64. The van der Waals surface area contributed by atoms with Crippen molar-refractivity contribution in [2.45, 2.75) is 20.0 Å². The summed E-state index contributed by atoms with van der Waals surface area (Å²) in [7, 11) is 0. The number of thiazole rings is 1. The molecule has 0 aliphatic rings. The summed E-state index contributed by atoms with van der Waals surface area (Å²) in [6.07, 6.45) is 1.90. The van der Waals surface area contributed by atoms with Crippen molar-refractivity contribution in [3.8, 4) is 0 Å². The van der Waals surface area contributed by atoms with Gasteiger partial charge in [-0.15, -0.1) is 11.3 Å². The van der Waals surface area contributed by atoms with E-state index in [-0.39, 0.29) is 0 Å². The van der Waals surface area contributed by atoms with Crippen LogP contribution in [0.5, 0.6) is 0 Å². The molecule has 0 amide bonds. The molecule has 16 heavy (non-hydrogen) atoms. The summed E-state index contributed by atoms with van der Waals surface area (Å²) in [5.74, 6) is 0. The third kappa shape index (κ3) is 3.05. The molecule has 1 heterocycles. The molecule has 2 aromatic rings. The smallest absolute Gasteiger partial charge is 0.107 e. The highest BCUT2D eigenvalue weighted by Gasteiger charge is 1.98. The number of anilines is 1. The first kappa shape index (κ1) is 11.1. The van der Waals surface area contributed by atoms with E-state index in [4.69, 9.17) is 5.73 Å². The van der Waals surface area contributed by atoms with Gasteiger partial charge in [-0.1, -0.05) is 12.1 Å². The fourth-order valence-corrected chi connectivity index (χ4v) is 2.26. The van der Waals surface area contributed by atoms with Crippen molar-refractivity contribution in [3.05, 3.63) is 45.9 Å². The van der Waals surface area contributed by atoms with E-state index in [1.54, 1.807) is 11.3 Å². The van der Waals surface area contributed by atoms with Gasteiger partial charge in [-0.05, 0) is 24.6 Å². The first-order chi connectivity index (χ1) is 7.74. The number of hydrogen-bond donors (Lipinski definition) is 2. The fraction of sp³-hybridized carbons (Fsp3) is 0.250. The Labute approximate surface area is 99.3 Å². The monoisotopic (exact) mass is 233 g/mol. The van der Waals surface area contributed by atoms with Crippen LogP contribution in [0.2, 0.25) is 0 Å². The molecule has 0 bridgehead atoms. The van der Waals surface area contributed by atoms with E-state index in [0.717, 1.165) is 23.8 Å². The Hall–Kier alpha value is -1.39. The molecule has 0 fully saturated rings. The third-order valence-corrected chi connectivity index (χ3v) is 3.14. The van der Waals surface area contributed by atoms with Crippen molar-refractivity contribution >= 4 is 17.0 Å². The van der Waals surface area contributed by atoms with Gasteiger partial charge in [0.1, 0.15) is 5.01 Å². The summed E-state index contributed by atoms with van der Waals surface area (Å²) in [4.78, 5) is 5.55. The van der Waals surface area contributed by atoms with Gasteiger partial charge in [-0.3, -0.25) is 0 Å². The second-order valence-electron chi connectivity index (χ2n) is 3.71. The molecule has 3 N–H and O–H groups in total. The molecule has 4 heteroatoms. The molecule has 1 aromatic carbocycles. The van der Waals surface area contributed by atoms with E-state index in [2.05, 4.69) is 23.3 Å². The second kappa shape index (κ2) is 5.09. The lowest BCUT2D eigenvalue weighted by Gasteiger charge is -2.03. The number of nitrogens with one attached hydrogen (secondary N) is 1. The third-order valence-electron chi connectivity index (χ3n) is 2.23. The van der Waals surface area contributed by atoms with Crippen LogP contribution in [0.3, 0.4) is 0 Å². The lowest BCUT2D eigenvalue weighted by atomic mass is 10.2. The first-order valence-electron chi connectivity index (χ1n) is 5.20. The summed E-state index contributed by atoms with van der Waals surface area (Å²) in [6.45, 7) is 3.70. The van der Waals surface area contributed by atoms with E-state index < -0.39 is 0 Å². The van der Waals surface area contributed by atoms with E-state index >= 15 is 0 Å². The maximum Gasteiger partial charge on any atom is 0.107 e. The Bertz CT molecular complexity index is 465. The highest BCUT2D eigenvalue weighted by atomic mass is 32.1. The molecule has 84 valence electrons. The summed E-state index contributed by atoms with van der Waals surface area (Å²) >= 11 is 1.73. The van der Waals surface area contributed by atoms with E-state index in [0.29, 0.717) is 0 Å². The highest BCUT2D eigenvalue weighted by molar-refractivity contribution is 7.11. The molecule has 0 saturated heterocycles. The zero-order valence-corrected chi connectivity index (χ0v) is 10.1. The van der Waals surface area contributed by atoms with Gasteiger partial charge in [0.05, 0.1) is 0 Å². The number of hydrogen-bond acceptors (Lipinski definition) is 4. The van der Waals surface area contributed by atoms with Crippen molar-refractivity contribution < 1.29 is 0 Å². The van der Waals surface area contributed by atoms with Gasteiger partial charge in [-0.25, -0.2) is 4.98 Å². The van der Waals surface area contributed by atoms with Crippen LogP contribution in [0, 0.1) is 6.92 Å². The predicted octanol–water partition coefficient (Wildman–Crippen LogP) is 2.32. The Balaban J connectivity index is 1.84. The van der Waals surface area contributed by atoms with Crippen molar-refractivity contribution in [3.63, 3.8) is 0 Å². The highest BCUT2D eigenvalue weighted by Crippen LogP contribution is 2.11. The van der Waals surface area contributed by atoms with Crippen LogP contribution < -0.4 is 11.1 Å². The lowest BCUT2D eigenvalue weighted by Crippen LogP contribution is -2.12. The molecular formula is C12H15N3S.